The number of halogens is 1. The molecule has 4 heteroatoms. The maximum absolute atomic E-state index is 9.60. The first kappa shape index (κ1) is 15.2. The number of carbonyl (C=O) groups excluding carboxylic acids is 1. The van der Waals surface area contributed by atoms with E-state index in [1.807, 2.05) is 20.8 Å². The standard InChI is InChI=1S/C9H10BrN.C5H10O2/c10-9-3-1-2-7(4-9)8-5-11-6-8;1-5(2,3)7-4-6/h1-4,8,11H,5-6H2;4H,1-3H3. The Kier molecular flexibility index (Phi) is 5.82. The molecule has 0 bridgehead atoms. The topological polar surface area (TPSA) is 38.3 Å². The Morgan fingerprint density at radius 1 is 1.39 bits per heavy atom. The van der Waals surface area contributed by atoms with Crippen LogP contribution in [0, 0.1) is 0 Å². The largest absolute Gasteiger partial charge is 0.462 e. The molecule has 1 aromatic rings. The molecule has 0 aromatic heterocycles. The van der Waals surface area contributed by atoms with Crippen LogP contribution in [0.5, 0.6) is 0 Å². The van der Waals surface area contributed by atoms with Crippen LogP contribution in [0.4, 0.5) is 0 Å². The fourth-order valence-electron chi connectivity index (χ4n) is 1.43. The normalized spacial score (nSPS) is 15.1. The number of rotatable bonds is 2. The molecule has 2 rings (SSSR count). The van der Waals surface area contributed by atoms with Crippen LogP contribution in [0.1, 0.15) is 32.3 Å². The predicted octanol–water partition coefficient (Wildman–Crippen LogP) is 3.09. The number of ether oxygens (including phenoxy) is 1. The van der Waals surface area contributed by atoms with Crippen molar-refractivity contribution >= 4 is 22.4 Å². The van der Waals surface area contributed by atoms with Gasteiger partial charge in [-0.15, -0.1) is 0 Å². The summed E-state index contributed by atoms with van der Waals surface area (Å²) in [6.07, 6.45) is 0. The van der Waals surface area contributed by atoms with Crippen LogP contribution in [0.3, 0.4) is 0 Å². The molecule has 100 valence electrons. The molecule has 1 aromatic carbocycles. The summed E-state index contributed by atoms with van der Waals surface area (Å²) in [6.45, 7) is 8.19. The van der Waals surface area contributed by atoms with E-state index in [9.17, 15) is 4.79 Å². The SMILES string of the molecule is Brc1cccc(C2CNC2)c1.CC(C)(C)OC=O. The third-order valence-corrected chi connectivity index (χ3v) is 3.00. The van der Waals surface area contributed by atoms with E-state index in [0.29, 0.717) is 6.47 Å². The zero-order chi connectivity index (χ0) is 13.6. The molecule has 1 saturated heterocycles. The van der Waals surface area contributed by atoms with Gasteiger partial charge in [0.05, 0.1) is 0 Å². The van der Waals surface area contributed by atoms with E-state index in [0.717, 1.165) is 19.0 Å². The summed E-state index contributed by atoms with van der Waals surface area (Å²) < 4.78 is 5.73. The zero-order valence-electron chi connectivity index (χ0n) is 11.1. The van der Waals surface area contributed by atoms with Crippen molar-refractivity contribution in [2.75, 3.05) is 13.1 Å². The van der Waals surface area contributed by atoms with Crippen molar-refractivity contribution in [1.82, 2.24) is 5.32 Å². The first-order valence-electron chi connectivity index (χ1n) is 6.00. The van der Waals surface area contributed by atoms with Crippen LogP contribution in [0.15, 0.2) is 28.7 Å². The molecule has 0 spiro atoms. The van der Waals surface area contributed by atoms with Gasteiger partial charge in [0, 0.05) is 23.5 Å². The van der Waals surface area contributed by atoms with Crippen LogP contribution in [-0.4, -0.2) is 25.2 Å². The molecule has 18 heavy (non-hydrogen) atoms. The summed E-state index contributed by atoms with van der Waals surface area (Å²) in [5.41, 5.74) is 1.13. The third kappa shape index (κ3) is 5.65. The third-order valence-electron chi connectivity index (χ3n) is 2.50. The summed E-state index contributed by atoms with van der Waals surface area (Å²) >= 11 is 3.46. The van der Waals surface area contributed by atoms with Crippen molar-refractivity contribution in [2.24, 2.45) is 0 Å². The average Bonchev–Trinajstić information content (AvgIpc) is 2.13. The van der Waals surface area contributed by atoms with Gasteiger partial charge < -0.3 is 10.1 Å². The van der Waals surface area contributed by atoms with Gasteiger partial charge in [0.1, 0.15) is 5.60 Å². The Bertz CT molecular complexity index is 384. The van der Waals surface area contributed by atoms with Gasteiger partial charge in [-0.25, -0.2) is 0 Å². The lowest BCUT2D eigenvalue weighted by Gasteiger charge is -2.27. The van der Waals surface area contributed by atoms with Gasteiger partial charge in [-0.3, -0.25) is 4.79 Å². The average molecular weight is 314 g/mol. The number of carbonyl (C=O) groups is 1. The highest BCUT2D eigenvalue weighted by molar-refractivity contribution is 9.10. The summed E-state index contributed by atoms with van der Waals surface area (Å²) in [6, 6.07) is 8.55. The van der Waals surface area contributed by atoms with Crippen LogP contribution in [0.25, 0.3) is 0 Å². The highest BCUT2D eigenvalue weighted by Crippen LogP contribution is 2.22. The minimum atomic E-state index is -0.318. The van der Waals surface area contributed by atoms with Crippen molar-refractivity contribution < 1.29 is 9.53 Å². The Balaban J connectivity index is 0.000000203. The van der Waals surface area contributed by atoms with E-state index in [1.54, 1.807) is 0 Å². The molecular weight excluding hydrogens is 294 g/mol. The van der Waals surface area contributed by atoms with Gasteiger partial charge in [0.25, 0.3) is 6.47 Å². The zero-order valence-corrected chi connectivity index (χ0v) is 12.7. The van der Waals surface area contributed by atoms with Gasteiger partial charge in [-0.2, -0.15) is 0 Å². The molecule has 0 atom stereocenters. The number of nitrogens with one attached hydrogen (secondary N) is 1. The minimum Gasteiger partial charge on any atom is -0.462 e. The molecular formula is C14H20BrNO2. The molecule has 0 unspecified atom stereocenters. The second-order valence-corrected chi connectivity index (χ2v) is 6.15. The molecule has 1 fully saturated rings. The Morgan fingerprint density at radius 2 is 2.06 bits per heavy atom. The van der Waals surface area contributed by atoms with Crippen LogP contribution >= 0.6 is 15.9 Å². The number of benzene rings is 1. The molecule has 0 amide bonds. The summed E-state index contributed by atoms with van der Waals surface area (Å²) in [5.74, 6) is 0.743. The Hall–Kier alpha value is -0.870. The quantitative estimate of drug-likeness (QED) is 0.853. The summed E-state index contributed by atoms with van der Waals surface area (Å²) in [7, 11) is 0. The highest BCUT2D eigenvalue weighted by Gasteiger charge is 2.18. The van der Waals surface area contributed by atoms with E-state index in [1.165, 1.54) is 10.0 Å². The van der Waals surface area contributed by atoms with E-state index in [2.05, 4.69) is 50.2 Å². The van der Waals surface area contributed by atoms with Gasteiger partial charge in [-0.05, 0) is 38.5 Å². The van der Waals surface area contributed by atoms with E-state index in [-0.39, 0.29) is 5.60 Å². The lowest BCUT2D eigenvalue weighted by atomic mass is 9.94. The molecule has 3 nitrogen and oxygen atoms in total. The van der Waals surface area contributed by atoms with Crippen molar-refractivity contribution in [3.05, 3.63) is 34.3 Å². The lowest BCUT2D eigenvalue weighted by Crippen LogP contribution is -2.39. The van der Waals surface area contributed by atoms with Gasteiger partial charge in [0.2, 0.25) is 0 Å². The Morgan fingerprint density at radius 3 is 2.39 bits per heavy atom. The van der Waals surface area contributed by atoms with Crippen molar-refractivity contribution in [2.45, 2.75) is 32.3 Å². The molecule has 1 aliphatic heterocycles. The predicted molar refractivity (Wildman–Crippen MR) is 76.7 cm³/mol. The first-order valence-corrected chi connectivity index (χ1v) is 6.79. The van der Waals surface area contributed by atoms with Crippen molar-refractivity contribution in [3.8, 4) is 0 Å². The maximum Gasteiger partial charge on any atom is 0.293 e. The second kappa shape index (κ2) is 6.90. The van der Waals surface area contributed by atoms with Crippen LogP contribution in [0.2, 0.25) is 0 Å². The van der Waals surface area contributed by atoms with Crippen LogP contribution < -0.4 is 5.32 Å². The molecule has 1 heterocycles. The monoisotopic (exact) mass is 313 g/mol. The van der Waals surface area contributed by atoms with E-state index < -0.39 is 0 Å². The highest BCUT2D eigenvalue weighted by atomic mass is 79.9. The fourth-order valence-corrected chi connectivity index (χ4v) is 1.85. The molecule has 1 aliphatic rings. The first-order chi connectivity index (χ1) is 8.42. The van der Waals surface area contributed by atoms with E-state index in [4.69, 9.17) is 0 Å². The summed E-state index contributed by atoms with van der Waals surface area (Å²) in [4.78, 5) is 9.60. The van der Waals surface area contributed by atoms with Gasteiger partial charge in [-0.1, -0.05) is 28.1 Å². The van der Waals surface area contributed by atoms with Gasteiger partial charge in [0.15, 0.2) is 0 Å². The van der Waals surface area contributed by atoms with E-state index >= 15 is 0 Å². The maximum atomic E-state index is 9.60. The molecule has 1 N–H and O–H groups in total. The Labute approximate surface area is 117 Å². The molecule has 0 radical (unpaired) electrons. The van der Waals surface area contributed by atoms with Gasteiger partial charge >= 0.3 is 0 Å². The van der Waals surface area contributed by atoms with Crippen molar-refractivity contribution in [1.29, 1.82) is 0 Å². The second-order valence-electron chi connectivity index (χ2n) is 5.24. The van der Waals surface area contributed by atoms with Crippen molar-refractivity contribution in [3.63, 3.8) is 0 Å². The molecule has 0 aliphatic carbocycles. The summed E-state index contributed by atoms with van der Waals surface area (Å²) in [5, 5.41) is 3.26. The number of hydrogen-bond donors (Lipinski definition) is 1. The van der Waals surface area contributed by atoms with Crippen LogP contribution in [-0.2, 0) is 9.53 Å². The fraction of sp³-hybridized carbons (Fsp3) is 0.500. The minimum absolute atomic E-state index is 0.318. The molecule has 0 saturated carbocycles. The number of hydrogen-bond acceptors (Lipinski definition) is 3. The lowest BCUT2D eigenvalue weighted by molar-refractivity contribution is -0.138. The smallest absolute Gasteiger partial charge is 0.293 e.